The molecule has 1 saturated heterocycles. The summed E-state index contributed by atoms with van der Waals surface area (Å²) in [7, 11) is 0. The average molecular weight is 242 g/mol. The van der Waals surface area contributed by atoms with Crippen molar-refractivity contribution in [3.05, 3.63) is 0 Å². The van der Waals surface area contributed by atoms with Crippen LogP contribution in [0.5, 0.6) is 0 Å². The molecule has 1 aliphatic carbocycles. The molecule has 2 fully saturated rings. The maximum Gasteiger partial charge on any atom is 0.00781 e. The first-order valence-electron chi connectivity index (χ1n) is 6.94. The summed E-state index contributed by atoms with van der Waals surface area (Å²) in [6, 6.07) is 0.818. The number of thioether (sulfide) groups is 1. The molecule has 0 radical (unpaired) electrons. The topological polar surface area (TPSA) is 24.1 Å². The fraction of sp³-hybridized carbons (Fsp3) is 1.00. The zero-order valence-electron chi connectivity index (χ0n) is 10.5. The van der Waals surface area contributed by atoms with E-state index >= 15 is 0 Å². The van der Waals surface area contributed by atoms with Crippen molar-refractivity contribution in [2.75, 3.05) is 25.4 Å². The standard InChI is InChI=1S/C13H26N2S/c1-2-16-13-4-3-12(9-13)15-10-11-5-7-14-8-6-11/h11-15H,2-10H2,1H3. The Morgan fingerprint density at radius 1 is 1.19 bits per heavy atom. The molecule has 0 amide bonds. The van der Waals surface area contributed by atoms with E-state index in [-0.39, 0.29) is 0 Å². The molecular formula is C13H26N2S. The summed E-state index contributed by atoms with van der Waals surface area (Å²) in [6.07, 6.45) is 6.98. The van der Waals surface area contributed by atoms with E-state index in [4.69, 9.17) is 0 Å². The van der Waals surface area contributed by atoms with Gasteiger partial charge in [-0.1, -0.05) is 6.92 Å². The Bertz CT molecular complexity index is 192. The minimum absolute atomic E-state index is 0.818. The Labute approximate surface area is 104 Å². The Hall–Kier alpha value is 0.270. The van der Waals surface area contributed by atoms with Crippen LogP contribution in [0.15, 0.2) is 0 Å². The van der Waals surface area contributed by atoms with Crippen molar-refractivity contribution >= 4 is 11.8 Å². The van der Waals surface area contributed by atoms with E-state index in [9.17, 15) is 0 Å². The fourth-order valence-electron chi connectivity index (χ4n) is 2.93. The Morgan fingerprint density at radius 2 is 2.00 bits per heavy atom. The molecule has 1 heterocycles. The SMILES string of the molecule is CCSC1CCC(NCC2CCNCC2)C1. The predicted octanol–water partition coefficient (Wildman–Crippen LogP) is 2.25. The van der Waals surface area contributed by atoms with Crippen LogP contribution in [-0.4, -0.2) is 36.7 Å². The van der Waals surface area contributed by atoms with Crippen molar-refractivity contribution in [1.29, 1.82) is 0 Å². The Kier molecular flexibility index (Phi) is 5.46. The zero-order chi connectivity index (χ0) is 11.2. The van der Waals surface area contributed by atoms with Gasteiger partial charge in [0.1, 0.15) is 0 Å². The largest absolute Gasteiger partial charge is 0.317 e. The van der Waals surface area contributed by atoms with Crippen LogP contribution in [0.2, 0.25) is 0 Å². The summed E-state index contributed by atoms with van der Waals surface area (Å²) < 4.78 is 0. The van der Waals surface area contributed by atoms with Gasteiger partial charge in [0.25, 0.3) is 0 Å². The van der Waals surface area contributed by atoms with Crippen molar-refractivity contribution in [2.24, 2.45) is 5.92 Å². The number of nitrogens with one attached hydrogen (secondary N) is 2. The van der Waals surface area contributed by atoms with Gasteiger partial charge in [-0.05, 0) is 63.4 Å². The minimum atomic E-state index is 0.818. The maximum absolute atomic E-state index is 3.80. The van der Waals surface area contributed by atoms with E-state index in [1.165, 1.54) is 57.5 Å². The molecule has 2 N–H and O–H groups in total. The van der Waals surface area contributed by atoms with Crippen molar-refractivity contribution in [2.45, 2.75) is 50.3 Å². The molecule has 2 atom stereocenters. The Balaban J connectivity index is 1.59. The summed E-state index contributed by atoms with van der Waals surface area (Å²) in [4.78, 5) is 0. The number of piperidine rings is 1. The van der Waals surface area contributed by atoms with Crippen molar-refractivity contribution < 1.29 is 0 Å². The normalized spacial score (nSPS) is 32.1. The van der Waals surface area contributed by atoms with Gasteiger partial charge in [0.05, 0.1) is 0 Å². The Morgan fingerprint density at radius 3 is 2.75 bits per heavy atom. The molecule has 2 nitrogen and oxygen atoms in total. The van der Waals surface area contributed by atoms with Gasteiger partial charge < -0.3 is 10.6 Å². The van der Waals surface area contributed by atoms with Crippen LogP contribution >= 0.6 is 11.8 Å². The number of hydrogen-bond acceptors (Lipinski definition) is 3. The van der Waals surface area contributed by atoms with Gasteiger partial charge in [-0.2, -0.15) is 11.8 Å². The molecular weight excluding hydrogens is 216 g/mol. The van der Waals surface area contributed by atoms with Crippen LogP contribution < -0.4 is 10.6 Å². The summed E-state index contributed by atoms with van der Waals surface area (Å²) in [5.41, 5.74) is 0. The van der Waals surface area contributed by atoms with Crippen LogP contribution in [0, 0.1) is 5.92 Å². The molecule has 0 aromatic heterocycles. The van der Waals surface area contributed by atoms with E-state index in [0.717, 1.165) is 17.2 Å². The molecule has 0 spiro atoms. The molecule has 94 valence electrons. The first-order chi connectivity index (χ1) is 7.88. The highest BCUT2D eigenvalue weighted by atomic mass is 32.2. The van der Waals surface area contributed by atoms with E-state index in [1.54, 1.807) is 0 Å². The maximum atomic E-state index is 3.80. The van der Waals surface area contributed by atoms with Gasteiger partial charge in [-0.15, -0.1) is 0 Å². The molecule has 1 saturated carbocycles. The van der Waals surface area contributed by atoms with Gasteiger partial charge in [-0.3, -0.25) is 0 Å². The molecule has 0 aromatic rings. The van der Waals surface area contributed by atoms with Crippen LogP contribution in [0.1, 0.15) is 39.0 Å². The highest BCUT2D eigenvalue weighted by Gasteiger charge is 2.24. The number of hydrogen-bond donors (Lipinski definition) is 2. The van der Waals surface area contributed by atoms with Crippen LogP contribution in [-0.2, 0) is 0 Å². The first-order valence-corrected chi connectivity index (χ1v) is 7.99. The average Bonchev–Trinajstić information content (AvgIpc) is 2.76. The smallest absolute Gasteiger partial charge is 0.00781 e. The first kappa shape index (κ1) is 12.7. The molecule has 2 aliphatic rings. The van der Waals surface area contributed by atoms with E-state index in [1.807, 2.05) is 0 Å². The minimum Gasteiger partial charge on any atom is -0.317 e. The van der Waals surface area contributed by atoms with Gasteiger partial charge in [-0.25, -0.2) is 0 Å². The van der Waals surface area contributed by atoms with Gasteiger partial charge in [0.2, 0.25) is 0 Å². The van der Waals surface area contributed by atoms with Crippen LogP contribution in [0.4, 0.5) is 0 Å². The molecule has 0 bridgehead atoms. The van der Waals surface area contributed by atoms with Crippen molar-refractivity contribution in [3.63, 3.8) is 0 Å². The van der Waals surface area contributed by atoms with Gasteiger partial charge in [0.15, 0.2) is 0 Å². The molecule has 1 aliphatic heterocycles. The predicted molar refractivity (Wildman–Crippen MR) is 73.2 cm³/mol. The highest BCUT2D eigenvalue weighted by Crippen LogP contribution is 2.29. The third-order valence-electron chi connectivity index (χ3n) is 3.94. The molecule has 2 unspecified atom stereocenters. The van der Waals surface area contributed by atoms with E-state index in [0.29, 0.717) is 0 Å². The van der Waals surface area contributed by atoms with E-state index in [2.05, 4.69) is 29.3 Å². The summed E-state index contributed by atoms with van der Waals surface area (Å²) >= 11 is 2.15. The third kappa shape index (κ3) is 3.94. The fourth-order valence-corrected chi connectivity index (χ4v) is 4.07. The number of rotatable bonds is 5. The highest BCUT2D eigenvalue weighted by molar-refractivity contribution is 7.99. The van der Waals surface area contributed by atoms with E-state index < -0.39 is 0 Å². The van der Waals surface area contributed by atoms with Crippen molar-refractivity contribution in [1.82, 2.24) is 10.6 Å². The van der Waals surface area contributed by atoms with Crippen molar-refractivity contribution in [3.8, 4) is 0 Å². The lowest BCUT2D eigenvalue weighted by atomic mass is 9.98. The summed E-state index contributed by atoms with van der Waals surface area (Å²) in [5, 5.41) is 8.17. The molecule has 16 heavy (non-hydrogen) atoms. The van der Waals surface area contributed by atoms with Crippen LogP contribution in [0.25, 0.3) is 0 Å². The second-order valence-corrected chi connectivity index (χ2v) is 6.77. The summed E-state index contributed by atoms with van der Waals surface area (Å²) in [6.45, 7) is 5.99. The second kappa shape index (κ2) is 6.87. The molecule has 0 aromatic carbocycles. The summed E-state index contributed by atoms with van der Waals surface area (Å²) in [5.74, 6) is 2.21. The van der Waals surface area contributed by atoms with Gasteiger partial charge in [0, 0.05) is 11.3 Å². The monoisotopic (exact) mass is 242 g/mol. The lowest BCUT2D eigenvalue weighted by molar-refractivity contribution is 0.340. The van der Waals surface area contributed by atoms with Crippen LogP contribution in [0.3, 0.4) is 0 Å². The van der Waals surface area contributed by atoms with Gasteiger partial charge >= 0.3 is 0 Å². The lowest BCUT2D eigenvalue weighted by Crippen LogP contribution is -2.37. The lowest BCUT2D eigenvalue weighted by Gasteiger charge is -2.24. The zero-order valence-corrected chi connectivity index (χ0v) is 11.3. The second-order valence-electron chi connectivity index (χ2n) is 5.19. The quantitative estimate of drug-likeness (QED) is 0.773. The third-order valence-corrected chi connectivity index (χ3v) is 5.17. The molecule has 2 rings (SSSR count). The molecule has 3 heteroatoms.